The maximum Gasteiger partial charge on any atom is 0.338 e. The Morgan fingerprint density at radius 1 is 0.917 bits per heavy atom. The normalized spacial score (nSPS) is 10.0. The molecule has 0 atom stereocenters. The Labute approximate surface area is 137 Å². The minimum absolute atomic E-state index is 0.121. The fourth-order valence-corrected chi connectivity index (χ4v) is 2.15. The van der Waals surface area contributed by atoms with Gasteiger partial charge in [-0.25, -0.2) is 14.4 Å². The number of rotatable bonds is 5. The molecule has 6 heteroatoms. The third kappa shape index (κ3) is 3.33. The van der Waals surface area contributed by atoms with Crippen LogP contribution in [0.2, 0.25) is 0 Å². The van der Waals surface area contributed by atoms with E-state index in [0.29, 0.717) is 5.56 Å². The Balaban J connectivity index is 2.67. The van der Waals surface area contributed by atoms with Gasteiger partial charge in [-0.15, -0.1) is 0 Å². The van der Waals surface area contributed by atoms with Gasteiger partial charge >= 0.3 is 17.9 Å². The highest BCUT2D eigenvalue weighted by Gasteiger charge is 2.23. The molecule has 0 amide bonds. The van der Waals surface area contributed by atoms with Crippen molar-refractivity contribution in [2.24, 2.45) is 0 Å². The molecule has 0 radical (unpaired) electrons. The number of carbonyl (C=O) groups is 3. The van der Waals surface area contributed by atoms with E-state index in [1.807, 2.05) is 0 Å². The highest BCUT2D eigenvalue weighted by molar-refractivity contribution is 6.07. The van der Waals surface area contributed by atoms with E-state index >= 15 is 0 Å². The second-order valence-electron chi connectivity index (χ2n) is 5.00. The molecule has 0 aromatic heterocycles. The zero-order valence-corrected chi connectivity index (χ0v) is 12.8. The average molecular weight is 326 g/mol. The van der Waals surface area contributed by atoms with Gasteiger partial charge in [0, 0.05) is 16.7 Å². The fourth-order valence-electron chi connectivity index (χ4n) is 2.15. The third-order valence-corrected chi connectivity index (χ3v) is 3.24. The molecule has 6 nitrogen and oxygen atoms in total. The minimum atomic E-state index is -1.39. The minimum Gasteiger partial charge on any atom is -0.478 e. The first-order valence-corrected chi connectivity index (χ1v) is 6.89. The molecule has 2 aromatic carbocycles. The standard InChI is InChI=1S/C18H14O6/c1-10(2)18(23)24-14-9-4-3-6-11(14)12-7-5-8-13(16(19)20)15(12)17(21)22/h3-9H,1H2,2H3,(H,19,20)(H,21,22). The fraction of sp³-hybridized carbons (Fsp3) is 0.0556. The van der Waals surface area contributed by atoms with Crippen molar-refractivity contribution in [3.05, 3.63) is 65.7 Å². The number of aromatic carboxylic acids is 2. The van der Waals surface area contributed by atoms with Crippen LogP contribution in [0.15, 0.2) is 54.6 Å². The van der Waals surface area contributed by atoms with Crippen molar-refractivity contribution in [1.29, 1.82) is 0 Å². The molecule has 0 fully saturated rings. The molecule has 0 saturated carbocycles. The van der Waals surface area contributed by atoms with Crippen molar-refractivity contribution in [3.63, 3.8) is 0 Å². The van der Waals surface area contributed by atoms with E-state index in [4.69, 9.17) is 4.74 Å². The smallest absolute Gasteiger partial charge is 0.338 e. The molecule has 0 bridgehead atoms. The van der Waals surface area contributed by atoms with Crippen LogP contribution in [0.3, 0.4) is 0 Å². The molecule has 24 heavy (non-hydrogen) atoms. The van der Waals surface area contributed by atoms with E-state index in [2.05, 4.69) is 6.58 Å². The predicted molar refractivity (Wildman–Crippen MR) is 86.2 cm³/mol. The Morgan fingerprint density at radius 3 is 2.12 bits per heavy atom. The highest BCUT2D eigenvalue weighted by Crippen LogP contribution is 2.34. The summed E-state index contributed by atoms with van der Waals surface area (Å²) in [6.07, 6.45) is 0. The number of hydrogen-bond acceptors (Lipinski definition) is 4. The van der Waals surface area contributed by atoms with Crippen LogP contribution in [-0.2, 0) is 4.79 Å². The summed E-state index contributed by atoms with van der Waals surface area (Å²) in [6.45, 7) is 4.98. The van der Waals surface area contributed by atoms with E-state index in [0.717, 1.165) is 0 Å². The van der Waals surface area contributed by atoms with E-state index in [-0.39, 0.29) is 28.0 Å². The van der Waals surface area contributed by atoms with Gasteiger partial charge in [-0.1, -0.05) is 36.9 Å². The molecule has 0 aliphatic rings. The van der Waals surface area contributed by atoms with Crippen molar-refractivity contribution in [1.82, 2.24) is 0 Å². The third-order valence-electron chi connectivity index (χ3n) is 3.24. The van der Waals surface area contributed by atoms with Gasteiger partial charge in [0.15, 0.2) is 0 Å². The Bertz CT molecular complexity index is 850. The Hall–Kier alpha value is -3.41. The molecule has 0 saturated heterocycles. The van der Waals surface area contributed by atoms with Gasteiger partial charge in [0.1, 0.15) is 5.75 Å². The largest absolute Gasteiger partial charge is 0.478 e. The first-order valence-electron chi connectivity index (χ1n) is 6.89. The van der Waals surface area contributed by atoms with Crippen molar-refractivity contribution >= 4 is 17.9 Å². The van der Waals surface area contributed by atoms with E-state index < -0.39 is 17.9 Å². The number of carboxylic acid groups (broad SMARTS) is 2. The quantitative estimate of drug-likeness (QED) is 0.497. The van der Waals surface area contributed by atoms with E-state index in [9.17, 15) is 24.6 Å². The second-order valence-corrected chi connectivity index (χ2v) is 5.00. The van der Waals surface area contributed by atoms with Crippen LogP contribution in [0, 0.1) is 0 Å². The molecule has 0 heterocycles. The van der Waals surface area contributed by atoms with E-state index in [1.165, 1.54) is 31.2 Å². The molecular formula is C18H14O6. The van der Waals surface area contributed by atoms with Gasteiger partial charge in [-0.3, -0.25) is 0 Å². The lowest BCUT2D eigenvalue weighted by Crippen LogP contribution is -2.12. The van der Waals surface area contributed by atoms with Gasteiger partial charge in [-0.05, 0) is 19.1 Å². The molecule has 2 aromatic rings. The molecule has 2 N–H and O–H groups in total. The van der Waals surface area contributed by atoms with Crippen molar-refractivity contribution in [3.8, 4) is 16.9 Å². The van der Waals surface area contributed by atoms with Crippen LogP contribution >= 0.6 is 0 Å². The molecule has 122 valence electrons. The van der Waals surface area contributed by atoms with Gasteiger partial charge in [0.2, 0.25) is 0 Å². The van der Waals surface area contributed by atoms with Gasteiger partial charge in [-0.2, -0.15) is 0 Å². The lowest BCUT2D eigenvalue weighted by molar-refractivity contribution is -0.130. The lowest BCUT2D eigenvalue weighted by Gasteiger charge is -2.13. The first-order chi connectivity index (χ1) is 11.3. The Morgan fingerprint density at radius 2 is 1.54 bits per heavy atom. The molecule has 0 spiro atoms. The number of hydrogen-bond donors (Lipinski definition) is 2. The topological polar surface area (TPSA) is 101 Å². The van der Waals surface area contributed by atoms with Gasteiger partial charge in [0.05, 0.1) is 11.1 Å². The maximum absolute atomic E-state index is 11.8. The van der Waals surface area contributed by atoms with Crippen molar-refractivity contribution < 1.29 is 29.3 Å². The van der Waals surface area contributed by atoms with Crippen LogP contribution in [-0.4, -0.2) is 28.1 Å². The molecule has 0 unspecified atom stereocenters. The SMILES string of the molecule is C=C(C)C(=O)Oc1ccccc1-c1cccc(C(=O)O)c1C(=O)O. The summed E-state index contributed by atoms with van der Waals surface area (Å²) in [6, 6.07) is 10.4. The zero-order chi connectivity index (χ0) is 17.9. The lowest BCUT2D eigenvalue weighted by atomic mass is 9.94. The predicted octanol–water partition coefficient (Wildman–Crippen LogP) is 3.23. The maximum atomic E-state index is 11.8. The summed E-state index contributed by atoms with van der Waals surface area (Å²) < 4.78 is 5.22. The van der Waals surface area contributed by atoms with Crippen LogP contribution in [0.25, 0.3) is 11.1 Å². The highest BCUT2D eigenvalue weighted by atomic mass is 16.5. The Kier molecular flexibility index (Phi) is 4.79. The van der Waals surface area contributed by atoms with Crippen LogP contribution in [0.1, 0.15) is 27.6 Å². The monoisotopic (exact) mass is 326 g/mol. The number of carboxylic acids is 2. The van der Waals surface area contributed by atoms with Crippen LogP contribution in [0.4, 0.5) is 0 Å². The first kappa shape index (κ1) is 17.0. The zero-order valence-electron chi connectivity index (χ0n) is 12.8. The second kappa shape index (κ2) is 6.78. The van der Waals surface area contributed by atoms with Gasteiger partial charge < -0.3 is 14.9 Å². The summed E-state index contributed by atoms with van der Waals surface area (Å²) in [4.78, 5) is 34.6. The van der Waals surface area contributed by atoms with Crippen LogP contribution in [0.5, 0.6) is 5.75 Å². The van der Waals surface area contributed by atoms with Crippen LogP contribution < -0.4 is 4.74 Å². The summed E-state index contributed by atoms with van der Waals surface area (Å²) in [5, 5.41) is 18.6. The van der Waals surface area contributed by atoms with Crippen molar-refractivity contribution in [2.45, 2.75) is 6.92 Å². The molecule has 2 rings (SSSR count). The van der Waals surface area contributed by atoms with Gasteiger partial charge in [0.25, 0.3) is 0 Å². The van der Waals surface area contributed by atoms with Crippen molar-refractivity contribution in [2.75, 3.05) is 0 Å². The summed E-state index contributed by atoms with van der Waals surface area (Å²) in [5.41, 5.74) is -0.0903. The van der Waals surface area contributed by atoms with E-state index in [1.54, 1.807) is 18.2 Å². The average Bonchev–Trinajstić information content (AvgIpc) is 2.54. The molecule has 0 aliphatic heterocycles. The number of esters is 1. The summed E-state index contributed by atoms with van der Waals surface area (Å²) >= 11 is 0. The summed E-state index contributed by atoms with van der Waals surface area (Å²) in [5.74, 6) is -3.28. The molecule has 0 aliphatic carbocycles. The molecular weight excluding hydrogens is 312 g/mol. The number of benzene rings is 2. The number of ether oxygens (including phenoxy) is 1. The summed E-state index contributed by atoms with van der Waals surface area (Å²) in [7, 11) is 0. The number of carbonyl (C=O) groups excluding carboxylic acids is 1. The number of para-hydroxylation sites is 1.